The number of alkyl halides is 3. The van der Waals surface area contributed by atoms with Crippen molar-refractivity contribution in [3.63, 3.8) is 0 Å². The summed E-state index contributed by atoms with van der Waals surface area (Å²) in [6.07, 6.45) is -2.91. The van der Waals surface area contributed by atoms with Crippen LogP contribution in [0.15, 0.2) is 66.4 Å². The number of methoxy groups -OCH3 is 1. The summed E-state index contributed by atoms with van der Waals surface area (Å²) in [4.78, 5) is 24.8. The molecule has 2 aromatic rings. The molecule has 0 heterocycles. The van der Waals surface area contributed by atoms with Crippen LogP contribution < -0.4 is 5.32 Å². The summed E-state index contributed by atoms with van der Waals surface area (Å²) < 4.78 is 43.6. The largest absolute Gasteiger partial charge is 0.468 e. The molecule has 0 fully saturated rings. The molecule has 146 valence electrons. The Bertz CT molecular complexity index is 907. The fourth-order valence-corrected chi connectivity index (χ4v) is 3.34. The molecule has 4 nitrogen and oxygen atoms in total. The van der Waals surface area contributed by atoms with E-state index in [-0.39, 0.29) is 12.1 Å². The number of anilines is 1. The van der Waals surface area contributed by atoms with E-state index in [9.17, 15) is 22.8 Å². The standard InChI is InChI=1S/C21H18F3NO3/c1-28-20(27)19-17(13-6-3-2-4-7-13)11-16(12-18(19)26)25-15-9-5-8-14(10-15)21(22,23)24/h2-10,12,17,19,25H,11H2,1H3/t17-,19+/m0/s1. The van der Waals surface area contributed by atoms with Crippen molar-refractivity contribution in [2.75, 3.05) is 12.4 Å². The van der Waals surface area contributed by atoms with Crippen molar-refractivity contribution in [3.05, 3.63) is 77.5 Å². The minimum absolute atomic E-state index is 0.220. The maximum absolute atomic E-state index is 12.9. The van der Waals surface area contributed by atoms with Crippen LogP contribution in [-0.2, 0) is 20.5 Å². The van der Waals surface area contributed by atoms with Gasteiger partial charge in [0.15, 0.2) is 5.78 Å². The highest BCUT2D eigenvalue weighted by molar-refractivity contribution is 6.07. The highest BCUT2D eigenvalue weighted by Gasteiger charge is 2.39. The van der Waals surface area contributed by atoms with Gasteiger partial charge in [-0.25, -0.2) is 0 Å². The van der Waals surface area contributed by atoms with Crippen molar-refractivity contribution in [2.24, 2.45) is 5.92 Å². The van der Waals surface area contributed by atoms with Gasteiger partial charge in [0.2, 0.25) is 0 Å². The molecular weight excluding hydrogens is 371 g/mol. The van der Waals surface area contributed by atoms with Crippen molar-refractivity contribution in [1.82, 2.24) is 0 Å². The van der Waals surface area contributed by atoms with Gasteiger partial charge in [0.05, 0.1) is 12.7 Å². The zero-order valence-corrected chi connectivity index (χ0v) is 15.0. The number of carbonyl (C=O) groups excluding carboxylic acids is 2. The second-order valence-corrected chi connectivity index (χ2v) is 6.50. The minimum Gasteiger partial charge on any atom is -0.468 e. The van der Waals surface area contributed by atoms with Crippen LogP contribution in [0.4, 0.5) is 18.9 Å². The van der Waals surface area contributed by atoms with Crippen LogP contribution in [-0.4, -0.2) is 18.9 Å². The number of hydrogen-bond donors (Lipinski definition) is 1. The number of ketones is 1. The number of esters is 1. The topological polar surface area (TPSA) is 55.4 Å². The predicted molar refractivity (Wildman–Crippen MR) is 97.5 cm³/mol. The van der Waals surface area contributed by atoms with Crippen molar-refractivity contribution >= 4 is 17.4 Å². The summed E-state index contributed by atoms with van der Waals surface area (Å²) in [5, 5.41) is 2.89. The number of halogens is 3. The van der Waals surface area contributed by atoms with E-state index in [0.717, 1.165) is 17.7 Å². The summed E-state index contributed by atoms with van der Waals surface area (Å²) in [5.74, 6) is -2.53. The lowest BCUT2D eigenvalue weighted by atomic mass is 9.76. The van der Waals surface area contributed by atoms with Gasteiger partial charge in [-0.1, -0.05) is 36.4 Å². The summed E-state index contributed by atoms with van der Waals surface area (Å²) in [5.41, 5.74) is 0.658. The van der Waals surface area contributed by atoms with Crippen molar-refractivity contribution in [2.45, 2.75) is 18.5 Å². The van der Waals surface area contributed by atoms with E-state index in [0.29, 0.717) is 5.70 Å². The lowest BCUT2D eigenvalue weighted by Gasteiger charge is -2.29. The maximum Gasteiger partial charge on any atom is 0.416 e. The van der Waals surface area contributed by atoms with Crippen molar-refractivity contribution < 1.29 is 27.5 Å². The van der Waals surface area contributed by atoms with Crippen LogP contribution >= 0.6 is 0 Å². The normalized spacial score (nSPS) is 19.7. The summed E-state index contributed by atoms with van der Waals surface area (Å²) in [6.45, 7) is 0. The molecule has 0 unspecified atom stereocenters. The molecule has 0 radical (unpaired) electrons. The molecule has 0 saturated heterocycles. The first-order valence-corrected chi connectivity index (χ1v) is 8.61. The van der Waals surface area contributed by atoms with Crippen molar-refractivity contribution in [1.29, 1.82) is 0 Å². The Hall–Kier alpha value is -3.09. The molecule has 3 rings (SSSR count). The highest BCUT2D eigenvalue weighted by Crippen LogP contribution is 2.37. The molecule has 0 spiro atoms. The maximum atomic E-state index is 12.9. The zero-order valence-electron chi connectivity index (χ0n) is 15.0. The number of allylic oxidation sites excluding steroid dienone is 2. The third kappa shape index (κ3) is 4.24. The third-order valence-electron chi connectivity index (χ3n) is 4.64. The van der Waals surface area contributed by atoms with Gasteiger partial charge < -0.3 is 10.1 Å². The van der Waals surface area contributed by atoms with E-state index in [1.54, 1.807) is 24.3 Å². The molecule has 2 aromatic carbocycles. The number of rotatable bonds is 4. The van der Waals surface area contributed by atoms with Crippen LogP contribution in [0.25, 0.3) is 0 Å². The van der Waals surface area contributed by atoms with Crippen LogP contribution in [0.3, 0.4) is 0 Å². The van der Waals surface area contributed by atoms with E-state index >= 15 is 0 Å². The summed E-state index contributed by atoms with van der Waals surface area (Å²) in [7, 11) is 1.22. The Kier molecular flexibility index (Phi) is 5.53. The molecule has 1 aliphatic carbocycles. The van der Waals surface area contributed by atoms with Crippen LogP contribution in [0.1, 0.15) is 23.5 Å². The Balaban J connectivity index is 1.91. The molecule has 28 heavy (non-hydrogen) atoms. The van der Waals surface area contributed by atoms with Gasteiger partial charge in [-0.05, 0) is 30.2 Å². The Morgan fingerprint density at radius 1 is 1.11 bits per heavy atom. The Morgan fingerprint density at radius 2 is 1.82 bits per heavy atom. The number of benzene rings is 2. The van der Waals surface area contributed by atoms with Crippen LogP contribution in [0.2, 0.25) is 0 Å². The van der Waals surface area contributed by atoms with Gasteiger partial charge in [0.1, 0.15) is 5.92 Å². The molecule has 0 aromatic heterocycles. The number of carbonyl (C=O) groups is 2. The number of hydrogen-bond acceptors (Lipinski definition) is 4. The highest BCUT2D eigenvalue weighted by atomic mass is 19.4. The minimum atomic E-state index is -4.46. The first kappa shape index (κ1) is 19.7. The molecule has 0 amide bonds. The smallest absolute Gasteiger partial charge is 0.416 e. The molecular formula is C21H18F3NO3. The average Bonchev–Trinajstić information content (AvgIpc) is 2.67. The van der Waals surface area contributed by atoms with E-state index in [4.69, 9.17) is 4.74 Å². The molecule has 0 bridgehead atoms. The molecule has 2 atom stereocenters. The number of ether oxygens (including phenoxy) is 1. The van der Waals surface area contributed by atoms with E-state index < -0.39 is 35.3 Å². The quantitative estimate of drug-likeness (QED) is 0.616. The van der Waals surface area contributed by atoms with Crippen LogP contribution in [0, 0.1) is 5.92 Å². The Labute approximate surface area is 160 Å². The summed E-state index contributed by atoms with van der Waals surface area (Å²) in [6, 6.07) is 13.8. The van der Waals surface area contributed by atoms with Crippen molar-refractivity contribution in [3.8, 4) is 0 Å². The molecule has 7 heteroatoms. The monoisotopic (exact) mass is 389 g/mol. The molecule has 0 aliphatic heterocycles. The second kappa shape index (κ2) is 7.88. The lowest BCUT2D eigenvalue weighted by Crippen LogP contribution is -2.34. The van der Waals surface area contributed by atoms with Gasteiger partial charge in [-0.15, -0.1) is 0 Å². The van der Waals surface area contributed by atoms with Gasteiger partial charge in [-0.3, -0.25) is 9.59 Å². The SMILES string of the molecule is COC(=O)[C@H]1C(=O)C=C(Nc2cccc(C(F)(F)F)c2)C[C@H]1c1ccccc1. The predicted octanol–water partition coefficient (Wildman–Crippen LogP) is 4.55. The second-order valence-electron chi connectivity index (χ2n) is 6.50. The lowest BCUT2D eigenvalue weighted by molar-refractivity contribution is -0.149. The van der Waals surface area contributed by atoms with Gasteiger partial charge in [-0.2, -0.15) is 13.2 Å². The van der Waals surface area contributed by atoms with Crippen LogP contribution in [0.5, 0.6) is 0 Å². The molecule has 0 saturated carbocycles. The van der Waals surface area contributed by atoms with E-state index in [1.165, 1.54) is 25.3 Å². The summed E-state index contributed by atoms with van der Waals surface area (Å²) >= 11 is 0. The van der Waals surface area contributed by atoms with E-state index in [2.05, 4.69) is 5.32 Å². The Morgan fingerprint density at radius 3 is 2.46 bits per heavy atom. The zero-order chi connectivity index (χ0) is 20.3. The van der Waals surface area contributed by atoms with Gasteiger partial charge in [0.25, 0.3) is 0 Å². The first-order chi connectivity index (χ1) is 13.3. The van der Waals surface area contributed by atoms with Gasteiger partial charge in [0, 0.05) is 23.4 Å². The third-order valence-corrected chi connectivity index (χ3v) is 4.64. The van der Waals surface area contributed by atoms with Gasteiger partial charge >= 0.3 is 12.1 Å². The molecule has 1 N–H and O–H groups in total. The first-order valence-electron chi connectivity index (χ1n) is 8.61. The molecule has 1 aliphatic rings. The fourth-order valence-electron chi connectivity index (χ4n) is 3.34. The number of nitrogens with one attached hydrogen (secondary N) is 1. The average molecular weight is 389 g/mol. The van der Waals surface area contributed by atoms with E-state index in [1.807, 2.05) is 6.07 Å². The fraction of sp³-hybridized carbons (Fsp3) is 0.238.